The quantitative estimate of drug-likeness (QED) is 0.567. The summed E-state index contributed by atoms with van der Waals surface area (Å²) in [5.74, 6) is -0.495. The van der Waals surface area contributed by atoms with Gasteiger partial charge in [0.25, 0.3) is 0 Å². The van der Waals surface area contributed by atoms with E-state index in [0.717, 1.165) is 11.3 Å². The van der Waals surface area contributed by atoms with Crippen LogP contribution < -0.4 is 4.72 Å². The van der Waals surface area contributed by atoms with Gasteiger partial charge in [0, 0.05) is 24.0 Å². The molecule has 0 unspecified atom stereocenters. The Hall–Kier alpha value is -2.68. The predicted octanol–water partition coefficient (Wildman–Crippen LogP) is 2.94. The number of hydrogen-bond acceptors (Lipinski definition) is 5. The molecule has 1 aromatic heterocycles. The van der Waals surface area contributed by atoms with Crippen LogP contribution in [-0.2, 0) is 26.2 Å². The van der Waals surface area contributed by atoms with Crippen molar-refractivity contribution in [1.82, 2.24) is 14.5 Å². The van der Waals surface area contributed by atoms with E-state index in [1.165, 1.54) is 12.1 Å². The molecule has 0 saturated carbocycles. The van der Waals surface area contributed by atoms with Crippen molar-refractivity contribution in [2.45, 2.75) is 17.9 Å². The van der Waals surface area contributed by atoms with Crippen molar-refractivity contribution in [2.24, 2.45) is 0 Å². The Bertz CT molecular complexity index is 1040. The van der Waals surface area contributed by atoms with E-state index in [4.69, 9.17) is 16.3 Å². The zero-order chi connectivity index (χ0) is 20.0. The van der Waals surface area contributed by atoms with Gasteiger partial charge in [0.2, 0.25) is 10.0 Å². The number of nitrogens with zero attached hydrogens (tertiary/aromatic N) is 2. The summed E-state index contributed by atoms with van der Waals surface area (Å²) in [7, 11) is -3.72. The molecule has 1 N–H and O–H groups in total. The third-order valence-electron chi connectivity index (χ3n) is 3.83. The smallest absolute Gasteiger partial charge is 0.307 e. The van der Waals surface area contributed by atoms with E-state index in [-0.39, 0.29) is 24.5 Å². The molecule has 146 valence electrons. The Balaban J connectivity index is 1.44. The van der Waals surface area contributed by atoms with Crippen molar-refractivity contribution in [3.8, 4) is 5.69 Å². The van der Waals surface area contributed by atoms with Gasteiger partial charge in [0.15, 0.2) is 0 Å². The number of carbonyl (C=O) groups is 1. The molecule has 2 aromatic carbocycles. The highest BCUT2D eigenvalue weighted by Crippen LogP contribution is 2.15. The Morgan fingerprint density at radius 2 is 1.93 bits per heavy atom. The van der Waals surface area contributed by atoms with E-state index < -0.39 is 16.0 Å². The molecule has 0 aliphatic heterocycles. The number of aromatic nitrogens is 2. The van der Waals surface area contributed by atoms with Crippen LogP contribution in [0, 0.1) is 0 Å². The van der Waals surface area contributed by atoms with Gasteiger partial charge in [-0.2, -0.15) is 5.10 Å². The number of benzene rings is 2. The second kappa shape index (κ2) is 9.01. The molecule has 0 bridgehead atoms. The first-order valence-corrected chi connectivity index (χ1v) is 10.3. The molecule has 3 aromatic rings. The van der Waals surface area contributed by atoms with Gasteiger partial charge >= 0.3 is 5.97 Å². The molecule has 0 atom stereocenters. The summed E-state index contributed by atoms with van der Waals surface area (Å²) in [5.41, 5.74) is 1.72. The van der Waals surface area contributed by atoms with E-state index in [1.54, 1.807) is 23.0 Å². The van der Waals surface area contributed by atoms with Crippen molar-refractivity contribution in [1.29, 1.82) is 0 Å². The largest absolute Gasteiger partial charge is 0.461 e. The number of sulfonamides is 1. The summed E-state index contributed by atoms with van der Waals surface area (Å²) in [6.07, 6.45) is 3.45. The van der Waals surface area contributed by atoms with E-state index in [1.807, 2.05) is 36.5 Å². The highest BCUT2D eigenvalue weighted by Gasteiger charge is 2.14. The van der Waals surface area contributed by atoms with Gasteiger partial charge in [-0.05, 0) is 42.0 Å². The Labute approximate surface area is 168 Å². The first kappa shape index (κ1) is 20.1. The first-order valence-electron chi connectivity index (χ1n) is 8.44. The fourth-order valence-electron chi connectivity index (χ4n) is 2.41. The Kier molecular flexibility index (Phi) is 6.45. The number of halogens is 1. The lowest BCUT2D eigenvalue weighted by Gasteiger charge is -2.08. The summed E-state index contributed by atoms with van der Waals surface area (Å²) in [5, 5.41) is 4.46. The topological polar surface area (TPSA) is 90.3 Å². The lowest BCUT2D eigenvalue weighted by Crippen LogP contribution is -2.26. The van der Waals surface area contributed by atoms with Gasteiger partial charge in [-0.25, -0.2) is 17.8 Å². The minimum Gasteiger partial charge on any atom is -0.461 e. The van der Waals surface area contributed by atoms with Crippen LogP contribution in [-0.4, -0.2) is 30.7 Å². The SMILES string of the molecule is O=C(CCNS(=O)(=O)c1cccc(Cl)c1)OCc1ccc(-n2cccn2)cc1. The molecule has 7 nitrogen and oxygen atoms in total. The van der Waals surface area contributed by atoms with Crippen LogP contribution in [0.25, 0.3) is 5.69 Å². The van der Waals surface area contributed by atoms with E-state index in [2.05, 4.69) is 9.82 Å². The Morgan fingerprint density at radius 1 is 1.14 bits per heavy atom. The van der Waals surface area contributed by atoms with Crippen molar-refractivity contribution in [2.75, 3.05) is 6.54 Å². The normalized spacial score (nSPS) is 11.3. The van der Waals surface area contributed by atoms with Crippen LogP contribution in [0.1, 0.15) is 12.0 Å². The minimum atomic E-state index is -3.72. The molecular formula is C19H18ClN3O4S. The molecule has 0 aliphatic carbocycles. The summed E-state index contributed by atoms with van der Waals surface area (Å²) in [6, 6.07) is 15.1. The van der Waals surface area contributed by atoms with Crippen LogP contribution in [0.5, 0.6) is 0 Å². The number of esters is 1. The molecule has 0 aliphatic rings. The maximum atomic E-state index is 12.1. The van der Waals surface area contributed by atoms with Gasteiger partial charge in [0.05, 0.1) is 17.0 Å². The van der Waals surface area contributed by atoms with E-state index in [9.17, 15) is 13.2 Å². The van der Waals surface area contributed by atoms with Crippen molar-refractivity contribution < 1.29 is 17.9 Å². The third-order valence-corrected chi connectivity index (χ3v) is 5.53. The summed E-state index contributed by atoms with van der Waals surface area (Å²) >= 11 is 5.80. The van der Waals surface area contributed by atoms with Gasteiger partial charge in [-0.3, -0.25) is 4.79 Å². The van der Waals surface area contributed by atoms with Crippen molar-refractivity contribution in [3.63, 3.8) is 0 Å². The summed E-state index contributed by atoms with van der Waals surface area (Å²) in [6.45, 7) is 0.0468. The molecule has 1 heterocycles. The number of ether oxygens (including phenoxy) is 1. The predicted molar refractivity (Wildman–Crippen MR) is 105 cm³/mol. The minimum absolute atomic E-state index is 0.0469. The third kappa shape index (κ3) is 5.41. The molecule has 0 fully saturated rings. The van der Waals surface area contributed by atoms with Crippen molar-refractivity contribution in [3.05, 3.63) is 77.6 Å². The van der Waals surface area contributed by atoms with Crippen molar-refractivity contribution >= 4 is 27.6 Å². The van der Waals surface area contributed by atoms with Crippen LogP contribution in [0.15, 0.2) is 71.9 Å². The van der Waals surface area contributed by atoms with Crippen LogP contribution in [0.2, 0.25) is 5.02 Å². The second-order valence-corrected chi connectivity index (χ2v) is 8.09. The molecule has 0 saturated heterocycles. The number of hydrogen-bond donors (Lipinski definition) is 1. The molecule has 9 heteroatoms. The fraction of sp³-hybridized carbons (Fsp3) is 0.158. The van der Waals surface area contributed by atoms with Gasteiger partial charge < -0.3 is 4.74 Å². The van der Waals surface area contributed by atoms with Crippen LogP contribution >= 0.6 is 11.6 Å². The second-order valence-electron chi connectivity index (χ2n) is 5.88. The van der Waals surface area contributed by atoms with E-state index >= 15 is 0 Å². The van der Waals surface area contributed by atoms with E-state index in [0.29, 0.717) is 5.02 Å². The lowest BCUT2D eigenvalue weighted by molar-refractivity contribution is -0.144. The maximum Gasteiger partial charge on any atom is 0.307 e. The average Bonchev–Trinajstić information content (AvgIpc) is 3.21. The number of rotatable bonds is 8. The molecular weight excluding hydrogens is 402 g/mol. The highest BCUT2D eigenvalue weighted by molar-refractivity contribution is 7.89. The number of carbonyl (C=O) groups excluding carboxylic acids is 1. The monoisotopic (exact) mass is 419 g/mol. The molecule has 0 spiro atoms. The van der Waals surface area contributed by atoms with Gasteiger partial charge in [0.1, 0.15) is 6.61 Å². The molecule has 0 radical (unpaired) electrons. The van der Waals surface area contributed by atoms with Crippen LogP contribution in [0.3, 0.4) is 0 Å². The van der Waals surface area contributed by atoms with Crippen LogP contribution in [0.4, 0.5) is 0 Å². The summed E-state index contributed by atoms with van der Waals surface area (Å²) < 4.78 is 33.6. The zero-order valence-electron chi connectivity index (χ0n) is 14.8. The Morgan fingerprint density at radius 3 is 2.61 bits per heavy atom. The average molecular weight is 420 g/mol. The maximum absolute atomic E-state index is 12.1. The zero-order valence-corrected chi connectivity index (χ0v) is 16.4. The standard InChI is InChI=1S/C19H18ClN3O4S/c20-16-3-1-4-18(13-16)28(25,26)22-11-9-19(24)27-14-15-5-7-17(8-6-15)23-12-2-10-21-23/h1-8,10,12-13,22H,9,11,14H2. The first-order chi connectivity index (χ1) is 13.4. The highest BCUT2D eigenvalue weighted by atomic mass is 35.5. The molecule has 3 rings (SSSR count). The molecule has 0 amide bonds. The van der Waals surface area contributed by atoms with Gasteiger partial charge in [-0.15, -0.1) is 0 Å². The summed E-state index contributed by atoms with van der Waals surface area (Å²) in [4.78, 5) is 11.9. The molecule has 28 heavy (non-hydrogen) atoms. The fourth-order valence-corrected chi connectivity index (χ4v) is 3.74. The lowest BCUT2D eigenvalue weighted by atomic mass is 10.2. The van der Waals surface area contributed by atoms with Gasteiger partial charge in [-0.1, -0.05) is 29.8 Å². The number of nitrogens with one attached hydrogen (secondary N) is 1.